The SMILES string of the molecule is CCC(CC)(CO)CNc1ccc(SC2CCCC2)cc1. The predicted molar refractivity (Wildman–Crippen MR) is 93.1 cm³/mol. The van der Waals surface area contributed by atoms with E-state index in [-0.39, 0.29) is 12.0 Å². The molecule has 0 aromatic heterocycles. The summed E-state index contributed by atoms with van der Waals surface area (Å²) in [6.45, 7) is 5.40. The number of anilines is 1. The van der Waals surface area contributed by atoms with Crippen molar-refractivity contribution in [2.75, 3.05) is 18.5 Å². The molecule has 118 valence electrons. The van der Waals surface area contributed by atoms with Crippen molar-refractivity contribution in [3.63, 3.8) is 0 Å². The molecule has 0 unspecified atom stereocenters. The number of rotatable bonds is 8. The van der Waals surface area contributed by atoms with E-state index in [1.807, 2.05) is 11.8 Å². The molecule has 2 rings (SSSR count). The summed E-state index contributed by atoms with van der Waals surface area (Å²) >= 11 is 2.03. The van der Waals surface area contributed by atoms with Gasteiger partial charge in [-0.3, -0.25) is 0 Å². The van der Waals surface area contributed by atoms with Gasteiger partial charge >= 0.3 is 0 Å². The quantitative estimate of drug-likeness (QED) is 0.714. The molecule has 1 aliphatic rings. The molecule has 1 aromatic carbocycles. The van der Waals surface area contributed by atoms with Gasteiger partial charge in [-0.2, -0.15) is 0 Å². The topological polar surface area (TPSA) is 32.3 Å². The standard InChI is InChI=1S/C18H29NOS/c1-3-18(4-2,14-20)13-19-15-9-11-17(12-10-15)21-16-7-5-6-8-16/h9-12,16,19-20H,3-8,13-14H2,1-2H3. The summed E-state index contributed by atoms with van der Waals surface area (Å²) in [4.78, 5) is 1.38. The second kappa shape index (κ2) is 8.09. The van der Waals surface area contributed by atoms with Crippen LogP contribution in [-0.2, 0) is 0 Å². The highest BCUT2D eigenvalue weighted by Crippen LogP contribution is 2.35. The number of benzene rings is 1. The zero-order chi connectivity index (χ0) is 15.1. The van der Waals surface area contributed by atoms with Crippen molar-refractivity contribution in [1.29, 1.82) is 0 Å². The fourth-order valence-corrected chi connectivity index (χ4v) is 4.17. The van der Waals surface area contributed by atoms with Crippen molar-refractivity contribution in [3.8, 4) is 0 Å². The summed E-state index contributed by atoms with van der Waals surface area (Å²) in [5, 5.41) is 13.9. The average molecular weight is 308 g/mol. The van der Waals surface area contributed by atoms with Crippen molar-refractivity contribution in [2.45, 2.75) is 62.5 Å². The summed E-state index contributed by atoms with van der Waals surface area (Å²) < 4.78 is 0. The third-order valence-corrected chi connectivity index (χ3v) is 6.31. The Balaban J connectivity index is 1.86. The van der Waals surface area contributed by atoms with E-state index in [4.69, 9.17) is 0 Å². The third kappa shape index (κ3) is 4.65. The minimum absolute atomic E-state index is 0.0112. The van der Waals surface area contributed by atoms with E-state index < -0.39 is 0 Å². The summed E-state index contributed by atoms with van der Waals surface area (Å²) in [5.41, 5.74) is 1.17. The number of aliphatic hydroxyl groups excluding tert-OH is 1. The molecule has 3 heteroatoms. The van der Waals surface area contributed by atoms with Gasteiger partial charge in [0.15, 0.2) is 0 Å². The van der Waals surface area contributed by atoms with Crippen molar-refractivity contribution in [3.05, 3.63) is 24.3 Å². The number of thioether (sulfide) groups is 1. The molecule has 0 amide bonds. The Kier molecular flexibility index (Phi) is 6.43. The van der Waals surface area contributed by atoms with Crippen LogP contribution in [0.1, 0.15) is 52.4 Å². The lowest BCUT2D eigenvalue weighted by Crippen LogP contribution is -2.32. The number of hydrogen-bond donors (Lipinski definition) is 2. The lowest BCUT2D eigenvalue weighted by Gasteiger charge is -2.30. The predicted octanol–water partition coefficient (Wildman–Crippen LogP) is 4.93. The maximum atomic E-state index is 9.61. The first-order valence-electron chi connectivity index (χ1n) is 8.33. The first-order chi connectivity index (χ1) is 10.2. The van der Waals surface area contributed by atoms with Crippen LogP contribution in [0, 0.1) is 5.41 Å². The van der Waals surface area contributed by atoms with Crippen LogP contribution < -0.4 is 5.32 Å². The van der Waals surface area contributed by atoms with E-state index in [2.05, 4.69) is 43.4 Å². The zero-order valence-electron chi connectivity index (χ0n) is 13.4. The molecule has 1 aromatic rings. The summed E-state index contributed by atoms with van der Waals surface area (Å²) in [7, 11) is 0. The number of hydrogen-bond acceptors (Lipinski definition) is 3. The fraction of sp³-hybridized carbons (Fsp3) is 0.667. The van der Waals surface area contributed by atoms with Crippen LogP contribution in [0.5, 0.6) is 0 Å². The van der Waals surface area contributed by atoms with Crippen LogP contribution in [0.15, 0.2) is 29.2 Å². The minimum Gasteiger partial charge on any atom is -0.396 e. The monoisotopic (exact) mass is 307 g/mol. The lowest BCUT2D eigenvalue weighted by molar-refractivity contribution is 0.127. The van der Waals surface area contributed by atoms with Gasteiger partial charge in [0.2, 0.25) is 0 Å². The van der Waals surface area contributed by atoms with Crippen LogP contribution in [-0.4, -0.2) is 23.5 Å². The van der Waals surface area contributed by atoms with E-state index in [0.717, 1.165) is 30.3 Å². The molecule has 0 bridgehead atoms. The van der Waals surface area contributed by atoms with Gasteiger partial charge in [0.05, 0.1) is 6.61 Å². The molecule has 2 N–H and O–H groups in total. The zero-order valence-corrected chi connectivity index (χ0v) is 14.2. The Hall–Kier alpha value is -0.670. The van der Waals surface area contributed by atoms with E-state index in [1.165, 1.54) is 30.6 Å². The number of aliphatic hydroxyl groups is 1. The lowest BCUT2D eigenvalue weighted by atomic mass is 9.83. The smallest absolute Gasteiger partial charge is 0.0504 e. The highest BCUT2D eigenvalue weighted by Gasteiger charge is 2.24. The van der Waals surface area contributed by atoms with Gasteiger partial charge in [0.1, 0.15) is 0 Å². The highest BCUT2D eigenvalue weighted by atomic mass is 32.2. The van der Waals surface area contributed by atoms with E-state index >= 15 is 0 Å². The molecule has 2 nitrogen and oxygen atoms in total. The Labute approximate surface area is 133 Å². The van der Waals surface area contributed by atoms with Crippen molar-refractivity contribution < 1.29 is 5.11 Å². The van der Waals surface area contributed by atoms with Crippen molar-refractivity contribution in [1.82, 2.24) is 0 Å². The molecule has 21 heavy (non-hydrogen) atoms. The summed E-state index contributed by atoms with van der Waals surface area (Å²) in [6, 6.07) is 8.79. The van der Waals surface area contributed by atoms with E-state index in [1.54, 1.807) is 0 Å². The van der Waals surface area contributed by atoms with Gasteiger partial charge in [-0.25, -0.2) is 0 Å². The largest absolute Gasteiger partial charge is 0.396 e. The highest BCUT2D eigenvalue weighted by molar-refractivity contribution is 8.00. The number of nitrogens with one attached hydrogen (secondary N) is 1. The fourth-order valence-electron chi connectivity index (χ4n) is 2.92. The van der Waals surface area contributed by atoms with E-state index in [9.17, 15) is 5.11 Å². The first kappa shape index (κ1) is 16.7. The summed E-state index contributed by atoms with van der Waals surface area (Å²) in [6.07, 6.45) is 7.54. The molecule has 0 heterocycles. The second-order valence-electron chi connectivity index (χ2n) is 6.27. The molecule has 0 radical (unpaired) electrons. The maximum Gasteiger partial charge on any atom is 0.0504 e. The average Bonchev–Trinajstić information content (AvgIpc) is 3.04. The molecule has 1 aliphatic carbocycles. The normalized spacial score (nSPS) is 16.3. The minimum atomic E-state index is 0.0112. The van der Waals surface area contributed by atoms with Gasteiger partial charge in [-0.15, -0.1) is 11.8 Å². The van der Waals surface area contributed by atoms with Crippen molar-refractivity contribution >= 4 is 17.4 Å². The van der Waals surface area contributed by atoms with Crippen LogP contribution in [0.2, 0.25) is 0 Å². The molecule has 0 atom stereocenters. The third-order valence-electron chi connectivity index (χ3n) is 4.96. The maximum absolute atomic E-state index is 9.61. The summed E-state index contributed by atoms with van der Waals surface area (Å²) in [5.74, 6) is 0. The van der Waals surface area contributed by atoms with Gasteiger partial charge in [-0.05, 0) is 49.9 Å². The second-order valence-corrected chi connectivity index (χ2v) is 7.64. The Bertz CT molecular complexity index is 399. The van der Waals surface area contributed by atoms with Crippen LogP contribution in [0.4, 0.5) is 5.69 Å². The van der Waals surface area contributed by atoms with Crippen molar-refractivity contribution in [2.24, 2.45) is 5.41 Å². The van der Waals surface area contributed by atoms with Gasteiger partial charge in [0.25, 0.3) is 0 Å². The molecular weight excluding hydrogens is 278 g/mol. The van der Waals surface area contributed by atoms with Gasteiger partial charge in [-0.1, -0.05) is 26.7 Å². The van der Waals surface area contributed by atoms with E-state index in [0.29, 0.717) is 0 Å². The Morgan fingerprint density at radius 1 is 1.14 bits per heavy atom. The van der Waals surface area contributed by atoms with Gasteiger partial charge in [0, 0.05) is 27.8 Å². The molecule has 0 spiro atoms. The Morgan fingerprint density at radius 3 is 2.29 bits per heavy atom. The molecule has 1 saturated carbocycles. The first-order valence-corrected chi connectivity index (χ1v) is 9.21. The molecular formula is C18H29NOS. The molecule has 0 saturated heterocycles. The molecule has 0 aliphatic heterocycles. The van der Waals surface area contributed by atoms with Gasteiger partial charge < -0.3 is 10.4 Å². The van der Waals surface area contributed by atoms with Crippen LogP contribution >= 0.6 is 11.8 Å². The van der Waals surface area contributed by atoms with Crippen LogP contribution in [0.3, 0.4) is 0 Å². The van der Waals surface area contributed by atoms with Crippen LogP contribution in [0.25, 0.3) is 0 Å². The Morgan fingerprint density at radius 2 is 1.76 bits per heavy atom. The molecule has 1 fully saturated rings.